The summed E-state index contributed by atoms with van der Waals surface area (Å²) in [5.41, 5.74) is 0. The van der Waals surface area contributed by atoms with Crippen molar-refractivity contribution in [1.29, 1.82) is 0 Å². The zero-order valence-corrected chi connectivity index (χ0v) is 10.1. The summed E-state index contributed by atoms with van der Waals surface area (Å²) in [7, 11) is 1.75. The molecule has 0 fully saturated rings. The van der Waals surface area contributed by atoms with Gasteiger partial charge in [0.2, 0.25) is 0 Å². The number of guanidine groups is 1. The molecule has 0 aromatic heterocycles. The van der Waals surface area contributed by atoms with Crippen molar-refractivity contribution >= 4 is 5.96 Å². The highest BCUT2D eigenvalue weighted by Crippen LogP contribution is 2.04. The third-order valence-corrected chi connectivity index (χ3v) is 2.08. The molecular formula is C12H23N3. The van der Waals surface area contributed by atoms with Crippen molar-refractivity contribution in [2.45, 2.75) is 33.1 Å². The number of hydrogen-bond donors (Lipinski definition) is 2. The third-order valence-electron chi connectivity index (χ3n) is 2.08. The molecule has 0 unspecified atom stereocenters. The molecule has 3 nitrogen and oxygen atoms in total. The van der Waals surface area contributed by atoms with Gasteiger partial charge < -0.3 is 10.6 Å². The van der Waals surface area contributed by atoms with Crippen molar-refractivity contribution in [3.63, 3.8) is 0 Å². The molecule has 2 N–H and O–H groups in total. The Hall–Kier alpha value is -1.17. The highest BCUT2D eigenvalue weighted by atomic mass is 15.2. The molecule has 0 saturated carbocycles. The van der Waals surface area contributed by atoms with E-state index in [1.165, 1.54) is 19.3 Å². The molecule has 0 atom stereocenters. The number of hydrogen-bond acceptors (Lipinski definition) is 1. The first kappa shape index (κ1) is 13.8. The molecule has 0 saturated heterocycles. The molecular weight excluding hydrogens is 186 g/mol. The van der Waals surface area contributed by atoms with Crippen LogP contribution in [0.3, 0.4) is 0 Å². The fraction of sp³-hybridized carbons (Fsp3) is 0.750. The van der Waals surface area contributed by atoms with Gasteiger partial charge in [-0.3, -0.25) is 4.99 Å². The molecule has 0 radical (unpaired) electrons. The van der Waals surface area contributed by atoms with E-state index in [1.54, 1.807) is 7.05 Å². The quantitative estimate of drug-likeness (QED) is 0.302. The predicted molar refractivity (Wildman–Crippen MR) is 66.9 cm³/mol. The van der Waals surface area contributed by atoms with Crippen LogP contribution < -0.4 is 10.6 Å². The number of aliphatic imine (C=N–C) groups is 1. The van der Waals surface area contributed by atoms with Crippen LogP contribution >= 0.6 is 0 Å². The average Bonchev–Trinajstić information content (AvgIpc) is 2.21. The van der Waals surface area contributed by atoms with Gasteiger partial charge in [0.25, 0.3) is 0 Å². The van der Waals surface area contributed by atoms with Crippen molar-refractivity contribution in [2.24, 2.45) is 10.9 Å². The standard InChI is InChI=1S/C12H23N3/c1-5-9-14-12(13-4)15-10-7-6-8-11(2)3/h1,11H,6-10H2,2-4H3,(H2,13,14,15). The minimum absolute atomic E-state index is 0.520. The van der Waals surface area contributed by atoms with E-state index in [-0.39, 0.29) is 0 Å². The van der Waals surface area contributed by atoms with E-state index in [4.69, 9.17) is 6.42 Å². The lowest BCUT2D eigenvalue weighted by atomic mass is 10.1. The smallest absolute Gasteiger partial charge is 0.191 e. The molecule has 0 heterocycles. The van der Waals surface area contributed by atoms with Crippen LogP contribution in [0.25, 0.3) is 0 Å². The van der Waals surface area contributed by atoms with E-state index in [9.17, 15) is 0 Å². The normalized spacial score (nSPS) is 11.3. The summed E-state index contributed by atoms with van der Waals surface area (Å²) in [4.78, 5) is 4.06. The summed E-state index contributed by atoms with van der Waals surface area (Å²) in [5, 5.41) is 6.24. The van der Waals surface area contributed by atoms with Crippen molar-refractivity contribution in [2.75, 3.05) is 20.1 Å². The Labute approximate surface area is 93.7 Å². The van der Waals surface area contributed by atoms with Crippen LogP contribution in [0.15, 0.2) is 4.99 Å². The molecule has 0 rings (SSSR count). The lowest BCUT2D eigenvalue weighted by molar-refractivity contribution is 0.535. The summed E-state index contributed by atoms with van der Waals surface area (Å²) in [5.74, 6) is 4.10. The molecule has 86 valence electrons. The third kappa shape index (κ3) is 9.14. The van der Waals surface area contributed by atoms with E-state index in [0.717, 1.165) is 18.4 Å². The molecule has 0 aliphatic carbocycles. The second-order valence-corrected chi connectivity index (χ2v) is 3.95. The lowest BCUT2D eigenvalue weighted by Crippen LogP contribution is -2.37. The minimum Gasteiger partial charge on any atom is -0.356 e. The zero-order chi connectivity index (χ0) is 11.5. The van der Waals surface area contributed by atoms with Gasteiger partial charge in [-0.25, -0.2) is 0 Å². The average molecular weight is 209 g/mol. The molecule has 0 aliphatic rings. The van der Waals surface area contributed by atoms with Crippen molar-refractivity contribution in [3.05, 3.63) is 0 Å². The number of unbranched alkanes of at least 4 members (excludes halogenated alkanes) is 1. The Bertz CT molecular complexity index is 213. The van der Waals surface area contributed by atoms with Crippen LogP contribution in [-0.2, 0) is 0 Å². The number of nitrogens with zero attached hydrogens (tertiary/aromatic N) is 1. The monoisotopic (exact) mass is 209 g/mol. The highest BCUT2D eigenvalue weighted by Gasteiger charge is 1.96. The van der Waals surface area contributed by atoms with E-state index in [0.29, 0.717) is 6.54 Å². The maximum Gasteiger partial charge on any atom is 0.191 e. The fourth-order valence-electron chi connectivity index (χ4n) is 1.24. The fourth-order valence-corrected chi connectivity index (χ4v) is 1.24. The van der Waals surface area contributed by atoms with Crippen molar-refractivity contribution < 1.29 is 0 Å². The van der Waals surface area contributed by atoms with Crippen molar-refractivity contribution in [3.8, 4) is 12.3 Å². The van der Waals surface area contributed by atoms with Gasteiger partial charge in [0.15, 0.2) is 5.96 Å². The van der Waals surface area contributed by atoms with Crippen molar-refractivity contribution in [1.82, 2.24) is 10.6 Å². The number of rotatable bonds is 6. The van der Waals surface area contributed by atoms with Gasteiger partial charge >= 0.3 is 0 Å². The Morgan fingerprint density at radius 1 is 1.33 bits per heavy atom. The zero-order valence-electron chi connectivity index (χ0n) is 10.1. The SMILES string of the molecule is C#CCNC(=NC)NCCCCC(C)C. The van der Waals surface area contributed by atoms with Crippen LogP contribution in [0.2, 0.25) is 0 Å². The summed E-state index contributed by atoms with van der Waals surface area (Å²) in [6.45, 7) is 5.98. The van der Waals surface area contributed by atoms with E-state index in [1.807, 2.05) is 0 Å². The lowest BCUT2D eigenvalue weighted by Gasteiger charge is -2.10. The van der Waals surface area contributed by atoms with Gasteiger partial charge in [-0.1, -0.05) is 32.6 Å². The first-order chi connectivity index (χ1) is 7.20. The predicted octanol–water partition coefficient (Wildman–Crippen LogP) is 1.61. The van der Waals surface area contributed by atoms with Gasteiger partial charge in [0.1, 0.15) is 0 Å². The second-order valence-electron chi connectivity index (χ2n) is 3.95. The Kier molecular flexibility index (Phi) is 8.66. The van der Waals surface area contributed by atoms with Gasteiger partial charge in [-0.05, 0) is 12.3 Å². The highest BCUT2D eigenvalue weighted by molar-refractivity contribution is 5.79. The van der Waals surface area contributed by atoms with Gasteiger partial charge in [-0.2, -0.15) is 0 Å². The molecule has 15 heavy (non-hydrogen) atoms. The molecule has 0 bridgehead atoms. The van der Waals surface area contributed by atoms with Gasteiger partial charge in [0.05, 0.1) is 6.54 Å². The summed E-state index contributed by atoms with van der Waals surface area (Å²) < 4.78 is 0. The van der Waals surface area contributed by atoms with E-state index >= 15 is 0 Å². The largest absolute Gasteiger partial charge is 0.356 e. The Morgan fingerprint density at radius 2 is 2.07 bits per heavy atom. The molecule has 0 spiro atoms. The maximum atomic E-state index is 5.15. The molecule has 0 aliphatic heterocycles. The number of nitrogens with one attached hydrogen (secondary N) is 2. The van der Waals surface area contributed by atoms with Crippen LogP contribution in [0.1, 0.15) is 33.1 Å². The summed E-state index contributed by atoms with van der Waals surface area (Å²) >= 11 is 0. The van der Waals surface area contributed by atoms with Gasteiger partial charge in [0, 0.05) is 13.6 Å². The molecule has 3 heteroatoms. The van der Waals surface area contributed by atoms with Crippen LogP contribution in [-0.4, -0.2) is 26.1 Å². The molecule has 0 aromatic rings. The maximum absolute atomic E-state index is 5.15. The second kappa shape index (κ2) is 9.39. The molecule has 0 aromatic carbocycles. The van der Waals surface area contributed by atoms with Crippen LogP contribution in [0.5, 0.6) is 0 Å². The number of terminal acetylenes is 1. The first-order valence-electron chi connectivity index (χ1n) is 5.58. The van der Waals surface area contributed by atoms with E-state index < -0.39 is 0 Å². The Balaban J connectivity index is 3.44. The van der Waals surface area contributed by atoms with E-state index in [2.05, 4.69) is 35.4 Å². The van der Waals surface area contributed by atoms with Crippen LogP contribution in [0.4, 0.5) is 0 Å². The van der Waals surface area contributed by atoms with Crippen LogP contribution in [0, 0.1) is 18.3 Å². The van der Waals surface area contributed by atoms with Gasteiger partial charge in [-0.15, -0.1) is 6.42 Å². The summed E-state index contributed by atoms with van der Waals surface area (Å²) in [6, 6.07) is 0. The minimum atomic E-state index is 0.520. The first-order valence-corrected chi connectivity index (χ1v) is 5.58. The Morgan fingerprint density at radius 3 is 2.60 bits per heavy atom. The molecule has 0 amide bonds. The summed E-state index contributed by atoms with van der Waals surface area (Å²) in [6.07, 6.45) is 8.87. The topological polar surface area (TPSA) is 36.4 Å².